The molecule has 3 heterocycles. The molecule has 0 unspecified atom stereocenters. The van der Waals surface area contributed by atoms with E-state index in [4.69, 9.17) is 11.6 Å². The van der Waals surface area contributed by atoms with Gasteiger partial charge in [0, 0.05) is 18.8 Å². The molecule has 0 bridgehead atoms. The van der Waals surface area contributed by atoms with Crippen LogP contribution in [-0.2, 0) is 22.9 Å². The highest BCUT2D eigenvalue weighted by Crippen LogP contribution is 2.50. The standard InChI is InChI=1S/C26H23ClF2N6O/c1-25(2,29)20-13-30-14-21(33-20)34-23-18(12-32-35(23)3)22-19(28)10-16(11-31-22)15-4-6-17(7-5-15)26(8-9-26)24(27)36/h4-7,10-14H,8-9H2,1-3H3,(H,33,34). The first-order valence-corrected chi connectivity index (χ1v) is 11.7. The lowest BCUT2D eigenvalue weighted by Gasteiger charge is -2.15. The van der Waals surface area contributed by atoms with Crippen LogP contribution in [-0.4, -0.2) is 30.0 Å². The number of carbonyl (C=O) groups excluding carboxylic acids is 1. The van der Waals surface area contributed by atoms with E-state index in [0.717, 1.165) is 24.0 Å². The number of hydrogen-bond donors (Lipinski definition) is 1. The molecule has 1 saturated carbocycles. The van der Waals surface area contributed by atoms with Crippen molar-refractivity contribution in [2.24, 2.45) is 7.05 Å². The van der Waals surface area contributed by atoms with Gasteiger partial charge in [-0.3, -0.25) is 19.4 Å². The summed E-state index contributed by atoms with van der Waals surface area (Å²) in [6.45, 7) is 2.79. The molecule has 0 saturated heterocycles. The minimum atomic E-state index is -1.67. The molecule has 36 heavy (non-hydrogen) atoms. The van der Waals surface area contributed by atoms with E-state index < -0.39 is 16.9 Å². The maximum atomic E-state index is 15.3. The molecule has 0 atom stereocenters. The summed E-state index contributed by atoms with van der Waals surface area (Å²) < 4.78 is 31.1. The number of nitrogens with zero attached hydrogens (tertiary/aromatic N) is 5. The number of benzene rings is 1. The number of hydrogen-bond acceptors (Lipinski definition) is 6. The van der Waals surface area contributed by atoms with Crippen LogP contribution >= 0.6 is 11.6 Å². The van der Waals surface area contributed by atoms with Gasteiger partial charge >= 0.3 is 0 Å². The molecule has 1 aliphatic rings. The van der Waals surface area contributed by atoms with Gasteiger partial charge in [0.1, 0.15) is 23.0 Å². The predicted octanol–water partition coefficient (Wildman–Crippen LogP) is 5.82. The zero-order valence-electron chi connectivity index (χ0n) is 19.9. The Morgan fingerprint density at radius 1 is 1.11 bits per heavy atom. The molecule has 5 rings (SSSR count). The SMILES string of the molecule is Cn1ncc(-c2ncc(-c3ccc(C4(C(=O)Cl)CC4)cc3)cc2F)c1Nc1cncc(C(C)(C)F)n1. The van der Waals surface area contributed by atoms with Crippen molar-refractivity contribution in [2.75, 3.05) is 5.32 Å². The minimum Gasteiger partial charge on any atom is -0.323 e. The smallest absolute Gasteiger partial charge is 0.232 e. The van der Waals surface area contributed by atoms with Crippen molar-refractivity contribution in [1.82, 2.24) is 24.7 Å². The Bertz CT molecular complexity index is 1460. The topological polar surface area (TPSA) is 85.6 Å². The van der Waals surface area contributed by atoms with E-state index in [0.29, 0.717) is 22.8 Å². The van der Waals surface area contributed by atoms with Crippen molar-refractivity contribution in [2.45, 2.75) is 37.8 Å². The fourth-order valence-electron chi connectivity index (χ4n) is 4.09. The summed E-state index contributed by atoms with van der Waals surface area (Å²) >= 11 is 5.78. The molecule has 3 aromatic heterocycles. The van der Waals surface area contributed by atoms with Crippen LogP contribution in [0.15, 0.2) is 55.1 Å². The number of aryl methyl sites for hydroxylation is 1. The van der Waals surface area contributed by atoms with E-state index >= 15 is 4.39 Å². The number of aromatic nitrogens is 5. The second-order valence-corrected chi connectivity index (χ2v) is 9.75. The van der Waals surface area contributed by atoms with Gasteiger partial charge in [-0.05, 0) is 55.5 Å². The Labute approximate surface area is 211 Å². The summed E-state index contributed by atoms with van der Waals surface area (Å²) in [4.78, 5) is 24.5. The van der Waals surface area contributed by atoms with E-state index in [1.807, 2.05) is 24.3 Å². The summed E-state index contributed by atoms with van der Waals surface area (Å²) in [6.07, 6.45) is 7.36. The van der Waals surface area contributed by atoms with Crippen LogP contribution in [0.2, 0.25) is 0 Å². The van der Waals surface area contributed by atoms with Crippen molar-refractivity contribution in [3.8, 4) is 22.4 Å². The van der Waals surface area contributed by atoms with Gasteiger partial charge in [-0.1, -0.05) is 24.3 Å². The number of halogens is 3. The van der Waals surface area contributed by atoms with E-state index in [-0.39, 0.29) is 16.6 Å². The van der Waals surface area contributed by atoms with Gasteiger partial charge in [0.2, 0.25) is 5.24 Å². The molecule has 0 spiro atoms. The van der Waals surface area contributed by atoms with Gasteiger partial charge in [-0.25, -0.2) is 13.8 Å². The van der Waals surface area contributed by atoms with Crippen LogP contribution in [0.5, 0.6) is 0 Å². The van der Waals surface area contributed by atoms with Crippen LogP contribution in [0.25, 0.3) is 22.4 Å². The average Bonchev–Trinajstić information content (AvgIpc) is 3.59. The van der Waals surface area contributed by atoms with Gasteiger partial charge in [0.15, 0.2) is 5.82 Å². The molecule has 4 aromatic rings. The van der Waals surface area contributed by atoms with Crippen LogP contribution in [0.4, 0.5) is 20.4 Å². The zero-order chi connectivity index (χ0) is 25.7. The molecule has 1 aliphatic carbocycles. The Morgan fingerprint density at radius 2 is 1.83 bits per heavy atom. The molecule has 1 aromatic carbocycles. The van der Waals surface area contributed by atoms with E-state index in [2.05, 4.69) is 25.4 Å². The van der Waals surface area contributed by atoms with Crippen molar-refractivity contribution < 1.29 is 13.6 Å². The van der Waals surface area contributed by atoms with Crippen LogP contribution in [0.3, 0.4) is 0 Å². The average molecular weight is 509 g/mol. The van der Waals surface area contributed by atoms with Crippen molar-refractivity contribution >= 4 is 28.5 Å². The second-order valence-electron chi connectivity index (χ2n) is 9.41. The number of anilines is 2. The van der Waals surface area contributed by atoms with Gasteiger partial charge in [-0.2, -0.15) is 5.10 Å². The first kappa shape index (κ1) is 24.0. The predicted molar refractivity (Wildman–Crippen MR) is 133 cm³/mol. The summed E-state index contributed by atoms with van der Waals surface area (Å²) in [6, 6.07) is 8.78. The first-order chi connectivity index (χ1) is 17.1. The second kappa shape index (κ2) is 8.74. The number of alkyl halides is 1. The normalized spacial score (nSPS) is 14.5. The Balaban J connectivity index is 1.43. The van der Waals surface area contributed by atoms with Gasteiger partial charge < -0.3 is 5.32 Å². The molecular weight excluding hydrogens is 486 g/mol. The molecule has 10 heteroatoms. The number of carbonyl (C=O) groups is 1. The molecule has 1 fully saturated rings. The van der Waals surface area contributed by atoms with Crippen LogP contribution < -0.4 is 5.32 Å². The zero-order valence-corrected chi connectivity index (χ0v) is 20.6. The first-order valence-electron chi connectivity index (χ1n) is 11.4. The highest BCUT2D eigenvalue weighted by atomic mass is 35.5. The highest BCUT2D eigenvalue weighted by molar-refractivity contribution is 6.66. The number of pyridine rings is 1. The lowest BCUT2D eigenvalue weighted by molar-refractivity contribution is -0.113. The molecular formula is C26H23ClF2N6O. The van der Waals surface area contributed by atoms with Gasteiger partial charge in [-0.15, -0.1) is 0 Å². The molecule has 7 nitrogen and oxygen atoms in total. The molecule has 1 N–H and O–H groups in total. The largest absolute Gasteiger partial charge is 0.323 e. The Hall–Kier alpha value is -3.72. The summed E-state index contributed by atoms with van der Waals surface area (Å²) in [5.41, 5.74) is 0.656. The molecule has 0 amide bonds. The summed E-state index contributed by atoms with van der Waals surface area (Å²) in [5.74, 6) is 0.193. The van der Waals surface area contributed by atoms with E-state index in [9.17, 15) is 9.18 Å². The van der Waals surface area contributed by atoms with Crippen molar-refractivity contribution in [1.29, 1.82) is 0 Å². The maximum absolute atomic E-state index is 15.3. The quantitative estimate of drug-likeness (QED) is 0.316. The summed E-state index contributed by atoms with van der Waals surface area (Å²) in [5, 5.41) is 6.93. The maximum Gasteiger partial charge on any atom is 0.232 e. The minimum absolute atomic E-state index is 0.102. The fourth-order valence-corrected chi connectivity index (χ4v) is 4.39. The fraction of sp³-hybridized carbons (Fsp3) is 0.269. The molecule has 184 valence electrons. The van der Waals surface area contributed by atoms with Gasteiger partial charge in [0.05, 0.1) is 35.3 Å². The summed E-state index contributed by atoms with van der Waals surface area (Å²) in [7, 11) is 1.69. The number of rotatable bonds is 7. The lowest BCUT2D eigenvalue weighted by Crippen LogP contribution is -2.14. The van der Waals surface area contributed by atoms with Crippen LogP contribution in [0.1, 0.15) is 37.9 Å². The van der Waals surface area contributed by atoms with Crippen LogP contribution in [0, 0.1) is 5.82 Å². The lowest BCUT2D eigenvalue weighted by atomic mass is 9.95. The van der Waals surface area contributed by atoms with E-state index in [1.54, 1.807) is 13.2 Å². The third-order valence-corrected chi connectivity index (χ3v) is 6.78. The van der Waals surface area contributed by atoms with Crippen molar-refractivity contribution in [3.63, 3.8) is 0 Å². The Kier molecular flexibility index (Phi) is 5.83. The van der Waals surface area contributed by atoms with E-state index in [1.165, 1.54) is 43.2 Å². The third-order valence-electron chi connectivity index (χ3n) is 6.42. The monoisotopic (exact) mass is 508 g/mol. The molecule has 0 radical (unpaired) electrons. The van der Waals surface area contributed by atoms with Gasteiger partial charge in [0.25, 0.3) is 0 Å². The highest BCUT2D eigenvalue weighted by Gasteiger charge is 2.50. The Morgan fingerprint density at radius 3 is 2.44 bits per heavy atom. The molecule has 0 aliphatic heterocycles. The number of nitrogens with one attached hydrogen (secondary N) is 1. The third kappa shape index (κ3) is 4.35. The van der Waals surface area contributed by atoms with Crippen molar-refractivity contribution in [3.05, 3.63) is 72.2 Å².